The van der Waals surface area contributed by atoms with Gasteiger partial charge in [-0.05, 0) is 24.3 Å². The maximum atomic E-state index is 6.16. The van der Waals surface area contributed by atoms with Crippen molar-refractivity contribution in [1.82, 2.24) is 19.7 Å². The Morgan fingerprint density at radius 3 is 2.54 bits per heavy atom. The smallest absolute Gasteiger partial charge is 0.191 e. The molecule has 0 spiro atoms. The average Bonchev–Trinajstić information content (AvgIpc) is 3.10. The minimum absolute atomic E-state index is 0. The molecule has 1 aromatic heterocycles. The monoisotopic (exact) mass is 489 g/mol. The van der Waals surface area contributed by atoms with Gasteiger partial charge in [0.25, 0.3) is 0 Å². The fourth-order valence-electron chi connectivity index (χ4n) is 2.96. The molecule has 1 aliphatic heterocycles. The Morgan fingerprint density at radius 1 is 1.19 bits per heavy atom. The van der Waals surface area contributed by atoms with Crippen LogP contribution in [-0.2, 0) is 13.0 Å². The molecule has 0 radical (unpaired) electrons. The van der Waals surface area contributed by atoms with Crippen molar-refractivity contribution in [2.24, 2.45) is 10.7 Å². The average molecular weight is 490 g/mol. The van der Waals surface area contributed by atoms with E-state index < -0.39 is 0 Å². The third-order valence-electron chi connectivity index (χ3n) is 4.42. The molecular weight excluding hydrogens is 465 g/mol. The summed E-state index contributed by atoms with van der Waals surface area (Å²) in [6.45, 7) is 7.02. The molecular formula is C17H25ClIN7. The van der Waals surface area contributed by atoms with Gasteiger partial charge in [-0.1, -0.05) is 18.5 Å². The number of rotatable bonds is 5. The van der Waals surface area contributed by atoms with Crippen molar-refractivity contribution < 1.29 is 0 Å². The second kappa shape index (κ2) is 9.96. The van der Waals surface area contributed by atoms with Gasteiger partial charge in [-0.2, -0.15) is 0 Å². The number of hydrogen-bond donors (Lipinski definition) is 1. The summed E-state index contributed by atoms with van der Waals surface area (Å²) in [6, 6.07) is 7.96. The van der Waals surface area contributed by atoms with Crippen molar-refractivity contribution in [3.63, 3.8) is 0 Å². The summed E-state index contributed by atoms with van der Waals surface area (Å²) < 4.78 is 2.02. The first-order valence-corrected chi connectivity index (χ1v) is 8.97. The predicted octanol–water partition coefficient (Wildman–Crippen LogP) is 2.25. The highest BCUT2D eigenvalue weighted by atomic mass is 127. The quantitative estimate of drug-likeness (QED) is 0.396. The third-order valence-corrected chi connectivity index (χ3v) is 4.67. The topological polar surface area (TPSA) is 75.6 Å². The number of anilines is 1. The third kappa shape index (κ3) is 5.23. The van der Waals surface area contributed by atoms with E-state index in [-0.39, 0.29) is 24.0 Å². The number of piperazine rings is 1. The highest BCUT2D eigenvalue weighted by Crippen LogP contribution is 2.19. The molecule has 1 saturated heterocycles. The van der Waals surface area contributed by atoms with Crippen LogP contribution in [0.3, 0.4) is 0 Å². The molecule has 0 aliphatic carbocycles. The second-order valence-electron chi connectivity index (χ2n) is 5.98. The fourth-order valence-corrected chi connectivity index (χ4v) is 3.08. The number of guanidine groups is 1. The van der Waals surface area contributed by atoms with E-state index in [2.05, 4.69) is 44.0 Å². The second-order valence-corrected chi connectivity index (χ2v) is 6.42. The number of halogens is 2. The predicted molar refractivity (Wildman–Crippen MR) is 117 cm³/mol. The van der Waals surface area contributed by atoms with E-state index >= 15 is 0 Å². The van der Waals surface area contributed by atoms with E-state index in [9.17, 15) is 0 Å². The van der Waals surface area contributed by atoms with Crippen LogP contribution in [0.25, 0.3) is 0 Å². The van der Waals surface area contributed by atoms with E-state index in [4.69, 9.17) is 17.3 Å². The highest BCUT2D eigenvalue weighted by Gasteiger charge is 2.18. The Bertz CT molecular complexity index is 708. The molecule has 0 saturated carbocycles. The van der Waals surface area contributed by atoms with E-state index in [1.54, 1.807) is 6.33 Å². The van der Waals surface area contributed by atoms with E-state index in [1.807, 2.05) is 16.7 Å². The van der Waals surface area contributed by atoms with Gasteiger partial charge in [0.15, 0.2) is 5.96 Å². The first kappa shape index (κ1) is 20.8. The first-order chi connectivity index (χ1) is 12.2. The molecule has 0 atom stereocenters. The van der Waals surface area contributed by atoms with E-state index in [0.717, 1.165) is 50.0 Å². The van der Waals surface area contributed by atoms with Crippen LogP contribution in [0, 0.1) is 0 Å². The Labute approximate surface area is 176 Å². The molecule has 2 heterocycles. The lowest BCUT2D eigenvalue weighted by Crippen LogP contribution is -2.51. The van der Waals surface area contributed by atoms with Crippen molar-refractivity contribution in [3.8, 4) is 0 Å². The van der Waals surface area contributed by atoms with Gasteiger partial charge < -0.3 is 20.1 Å². The molecule has 142 valence electrons. The lowest BCUT2D eigenvalue weighted by molar-refractivity contribution is 0.380. The number of aromatic nitrogens is 3. The molecule has 2 N–H and O–H groups in total. The molecule has 0 bridgehead atoms. The maximum absolute atomic E-state index is 6.16. The molecule has 3 rings (SSSR count). The van der Waals surface area contributed by atoms with Crippen molar-refractivity contribution in [2.75, 3.05) is 37.6 Å². The number of aryl methyl sites for hydroxylation is 1. The van der Waals surface area contributed by atoms with Gasteiger partial charge in [-0.25, -0.2) is 0 Å². The molecule has 9 heteroatoms. The van der Waals surface area contributed by atoms with Crippen LogP contribution >= 0.6 is 35.6 Å². The SMILES string of the molecule is CCc1nncn1CCN=C(N)N1CCN(c2ccc(Cl)cc2)CC1.I. The van der Waals surface area contributed by atoms with Crippen molar-refractivity contribution in [1.29, 1.82) is 0 Å². The number of benzene rings is 1. The van der Waals surface area contributed by atoms with Crippen LogP contribution in [0.4, 0.5) is 5.69 Å². The Balaban J connectivity index is 0.00000243. The van der Waals surface area contributed by atoms with Crippen LogP contribution in [0.15, 0.2) is 35.6 Å². The summed E-state index contributed by atoms with van der Waals surface area (Å²) in [5.74, 6) is 1.59. The standard InChI is InChI=1S/C17H24ClN7.HI/c1-2-16-22-21-13-25(16)8-7-20-17(19)24-11-9-23(10-12-24)15-5-3-14(18)4-6-15;/h3-6,13H,2,7-12H2,1H3,(H2,19,20);1H. The summed E-state index contributed by atoms with van der Waals surface area (Å²) in [5, 5.41) is 8.77. The lowest BCUT2D eigenvalue weighted by atomic mass is 10.2. The van der Waals surface area contributed by atoms with E-state index in [1.165, 1.54) is 5.69 Å². The normalized spacial score (nSPS) is 15.1. The minimum atomic E-state index is 0. The number of nitrogens with two attached hydrogens (primary N) is 1. The molecule has 1 aliphatic rings. The fraction of sp³-hybridized carbons (Fsp3) is 0.471. The molecule has 2 aromatic rings. The lowest BCUT2D eigenvalue weighted by Gasteiger charge is -2.36. The van der Waals surface area contributed by atoms with Crippen molar-refractivity contribution in [2.45, 2.75) is 19.9 Å². The zero-order valence-corrected chi connectivity index (χ0v) is 18.0. The zero-order chi connectivity index (χ0) is 17.6. The molecule has 0 amide bonds. The highest BCUT2D eigenvalue weighted by molar-refractivity contribution is 14.0. The summed E-state index contributed by atoms with van der Waals surface area (Å²) in [7, 11) is 0. The van der Waals surface area contributed by atoms with Gasteiger partial charge in [0.1, 0.15) is 12.2 Å². The number of hydrogen-bond acceptors (Lipinski definition) is 4. The van der Waals surface area contributed by atoms with Gasteiger partial charge in [0.2, 0.25) is 0 Å². The summed E-state index contributed by atoms with van der Waals surface area (Å²) in [6.07, 6.45) is 2.61. The van der Waals surface area contributed by atoms with Crippen molar-refractivity contribution in [3.05, 3.63) is 41.4 Å². The number of aliphatic imine (C=N–C) groups is 1. The largest absolute Gasteiger partial charge is 0.370 e. The Hall–Kier alpha value is -1.55. The molecule has 26 heavy (non-hydrogen) atoms. The Morgan fingerprint density at radius 2 is 1.88 bits per heavy atom. The van der Waals surface area contributed by atoms with Gasteiger partial charge in [0.05, 0.1) is 6.54 Å². The maximum Gasteiger partial charge on any atom is 0.191 e. The minimum Gasteiger partial charge on any atom is -0.370 e. The zero-order valence-electron chi connectivity index (χ0n) is 14.9. The van der Waals surface area contributed by atoms with Crippen LogP contribution in [0.1, 0.15) is 12.7 Å². The summed E-state index contributed by atoms with van der Waals surface area (Å²) in [4.78, 5) is 8.99. The first-order valence-electron chi connectivity index (χ1n) is 8.59. The van der Waals surface area contributed by atoms with Gasteiger partial charge in [-0.3, -0.25) is 4.99 Å². The van der Waals surface area contributed by atoms with E-state index in [0.29, 0.717) is 12.5 Å². The molecule has 0 unspecified atom stereocenters. The van der Waals surface area contributed by atoms with Gasteiger partial charge >= 0.3 is 0 Å². The van der Waals surface area contributed by atoms with Crippen molar-refractivity contribution >= 4 is 47.2 Å². The Kier molecular flexibility index (Phi) is 7.95. The van der Waals surface area contributed by atoms with Crippen LogP contribution in [-0.4, -0.2) is 58.3 Å². The summed E-state index contributed by atoms with van der Waals surface area (Å²) in [5.41, 5.74) is 7.36. The van der Waals surface area contributed by atoms with Crippen LogP contribution in [0.5, 0.6) is 0 Å². The molecule has 1 fully saturated rings. The molecule has 7 nitrogen and oxygen atoms in total. The van der Waals surface area contributed by atoms with Crippen LogP contribution < -0.4 is 10.6 Å². The van der Waals surface area contributed by atoms with Gasteiger partial charge in [-0.15, -0.1) is 34.2 Å². The van der Waals surface area contributed by atoms with Crippen LogP contribution in [0.2, 0.25) is 5.02 Å². The number of nitrogens with zero attached hydrogens (tertiary/aromatic N) is 6. The van der Waals surface area contributed by atoms with Gasteiger partial charge in [0, 0.05) is 49.9 Å². The summed E-state index contributed by atoms with van der Waals surface area (Å²) >= 11 is 5.95. The molecule has 1 aromatic carbocycles.